The summed E-state index contributed by atoms with van der Waals surface area (Å²) in [7, 11) is -4.97. The Morgan fingerprint density at radius 3 is 2.92 bits per heavy atom. The van der Waals surface area contributed by atoms with Crippen molar-refractivity contribution in [1.29, 1.82) is 0 Å². The molecular formula is C11H14F2N5O6P. The predicted molar refractivity (Wildman–Crippen MR) is 78.6 cm³/mol. The van der Waals surface area contributed by atoms with Gasteiger partial charge in [0.1, 0.15) is 6.61 Å². The number of H-pyrrole nitrogens is 1. The molecule has 138 valence electrons. The van der Waals surface area contributed by atoms with Gasteiger partial charge in [0.2, 0.25) is 11.8 Å². The van der Waals surface area contributed by atoms with Crippen molar-refractivity contribution in [2.24, 2.45) is 0 Å². The number of nitrogen functional groups attached to an aromatic ring is 1. The zero-order valence-electron chi connectivity index (χ0n) is 12.7. The highest BCUT2D eigenvalue weighted by atomic mass is 31.2. The van der Waals surface area contributed by atoms with Gasteiger partial charge in [-0.05, 0) is 6.92 Å². The summed E-state index contributed by atoms with van der Waals surface area (Å²) in [4.78, 5) is 38.9. The van der Waals surface area contributed by atoms with Gasteiger partial charge in [-0.2, -0.15) is 4.98 Å². The molecule has 0 aliphatic carbocycles. The van der Waals surface area contributed by atoms with Crippen molar-refractivity contribution in [3.05, 3.63) is 16.7 Å². The molecule has 0 saturated carbocycles. The minimum absolute atomic E-state index is 0.129. The van der Waals surface area contributed by atoms with E-state index < -0.39 is 44.2 Å². The smallest absolute Gasteiger partial charge is 0.369 e. The maximum Gasteiger partial charge on any atom is 0.469 e. The molecule has 11 nitrogen and oxygen atoms in total. The Bertz CT molecular complexity index is 925. The lowest BCUT2D eigenvalue weighted by Gasteiger charge is -2.22. The molecule has 0 radical (unpaired) electrons. The molecule has 1 fully saturated rings. The number of nitrogens with one attached hydrogen (secondary N) is 1. The van der Waals surface area contributed by atoms with E-state index in [1.54, 1.807) is 0 Å². The zero-order chi connectivity index (χ0) is 18.6. The van der Waals surface area contributed by atoms with Crippen LogP contribution in [-0.2, 0) is 13.8 Å². The average molecular weight is 381 g/mol. The monoisotopic (exact) mass is 381 g/mol. The van der Waals surface area contributed by atoms with E-state index in [2.05, 4.69) is 19.5 Å². The number of halogens is 2. The van der Waals surface area contributed by atoms with E-state index in [1.807, 2.05) is 0 Å². The Labute approximate surface area is 138 Å². The molecule has 0 bridgehead atoms. The first-order valence-electron chi connectivity index (χ1n) is 6.88. The Morgan fingerprint density at radius 2 is 2.28 bits per heavy atom. The van der Waals surface area contributed by atoms with Crippen molar-refractivity contribution in [3.8, 4) is 0 Å². The Morgan fingerprint density at radius 1 is 1.60 bits per heavy atom. The van der Waals surface area contributed by atoms with Crippen LogP contribution in [0.5, 0.6) is 0 Å². The van der Waals surface area contributed by atoms with Crippen LogP contribution < -0.4 is 11.3 Å². The summed E-state index contributed by atoms with van der Waals surface area (Å²) in [6, 6.07) is 0. The summed E-state index contributed by atoms with van der Waals surface area (Å²) in [6.07, 6.45) is -1.45. The molecule has 0 aromatic carbocycles. The number of nitrogens with zero attached hydrogens (tertiary/aromatic N) is 3. The maximum atomic E-state index is 14.9. The lowest BCUT2D eigenvalue weighted by atomic mass is 10.0. The molecule has 2 aromatic heterocycles. The molecule has 3 rings (SSSR count). The number of phosphoric acid groups is 1. The number of nitrogens with two attached hydrogens (primary N) is 1. The fourth-order valence-corrected chi connectivity index (χ4v) is 3.06. The topological polar surface area (TPSA) is 166 Å². The van der Waals surface area contributed by atoms with Gasteiger partial charge in [0.05, 0.1) is 6.33 Å². The number of hydrogen-bond acceptors (Lipinski definition) is 7. The largest absolute Gasteiger partial charge is 0.469 e. The van der Waals surface area contributed by atoms with Crippen molar-refractivity contribution in [2.45, 2.75) is 31.1 Å². The second-order valence-corrected chi connectivity index (χ2v) is 7.09. The number of phosphoric ester groups is 1. The van der Waals surface area contributed by atoms with Crippen molar-refractivity contribution < 1.29 is 32.4 Å². The van der Waals surface area contributed by atoms with Gasteiger partial charge in [0, 0.05) is 6.42 Å². The predicted octanol–water partition coefficient (Wildman–Crippen LogP) is 0.124. The quantitative estimate of drug-likeness (QED) is 0.538. The van der Waals surface area contributed by atoms with Gasteiger partial charge in [-0.3, -0.25) is 18.9 Å². The minimum Gasteiger partial charge on any atom is -0.369 e. The average Bonchev–Trinajstić information content (AvgIpc) is 2.95. The van der Waals surface area contributed by atoms with Gasteiger partial charge in [-0.1, -0.05) is 0 Å². The fraction of sp³-hybridized carbons (Fsp3) is 0.545. The second kappa shape index (κ2) is 5.54. The van der Waals surface area contributed by atoms with E-state index in [1.165, 1.54) is 0 Å². The molecule has 1 aliphatic rings. The summed E-state index contributed by atoms with van der Waals surface area (Å²) < 4.78 is 50.4. The van der Waals surface area contributed by atoms with Gasteiger partial charge < -0.3 is 20.3 Å². The SMILES string of the molecule is C[C@@]1(F)C[C@@](F)(COP(=O)(O)O)O[C@H]1n1cnc2c(=O)[nH]c(N)nc21. The van der Waals surface area contributed by atoms with Crippen LogP contribution in [-0.4, -0.2) is 47.4 Å². The summed E-state index contributed by atoms with van der Waals surface area (Å²) in [5.41, 5.74) is 2.17. The van der Waals surface area contributed by atoms with Crippen LogP contribution >= 0.6 is 7.82 Å². The lowest BCUT2D eigenvalue weighted by Crippen LogP contribution is -2.29. The molecule has 0 unspecified atom stereocenters. The third-order valence-corrected chi connectivity index (χ3v) is 4.06. The number of aromatic nitrogens is 4. The van der Waals surface area contributed by atoms with E-state index in [4.69, 9.17) is 20.3 Å². The molecule has 1 saturated heterocycles. The van der Waals surface area contributed by atoms with Crippen molar-refractivity contribution >= 4 is 24.9 Å². The highest BCUT2D eigenvalue weighted by molar-refractivity contribution is 7.46. The summed E-state index contributed by atoms with van der Waals surface area (Å²) >= 11 is 0. The molecule has 3 heterocycles. The number of aromatic amines is 1. The molecular weight excluding hydrogens is 367 g/mol. The summed E-state index contributed by atoms with van der Waals surface area (Å²) in [5.74, 6) is -3.06. The van der Waals surface area contributed by atoms with Crippen LogP contribution in [0.15, 0.2) is 11.1 Å². The Kier molecular flexibility index (Phi) is 3.96. The molecule has 14 heteroatoms. The zero-order valence-corrected chi connectivity index (χ0v) is 13.6. The van der Waals surface area contributed by atoms with E-state index in [0.717, 1.165) is 17.8 Å². The van der Waals surface area contributed by atoms with Crippen LogP contribution in [0.4, 0.5) is 14.7 Å². The second-order valence-electron chi connectivity index (χ2n) is 5.85. The first-order chi connectivity index (χ1) is 11.4. The number of hydrogen-bond donors (Lipinski definition) is 4. The molecule has 3 atom stereocenters. The first-order valence-corrected chi connectivity index (χ1v) is 8.41. The number of alkyl halides is 2. The van der Waals surface area contributed by atoms with Crippen LogP contribution in [0.1, 0.15) is 19.6 Å². The van der Waals surface area contributed by atoms with Crippen LogP contribution in [0.25, 0.3) is 11.2 Å². The molecule has 0 amide bonds. The first kappa shape index (κ1) is 17.9. The van der Waals surface area contributed by atoms with Crippen LogP contribution in [0, 0.1) is 0 Å². The maximum absolute atomic E-state index is 14.9. The van der Waals surface area contributed by atoms with E-state index in [0.29, 0.717) is 0 Å². The Hall–Kier alpha value is -1.92. The van der Waals surface area contributed by atoms with E-state index >= 15 is 0 Å². The normalized spacial score (nSPS) is 30.2. The number of ether oxygens (including phenoxy) is 1. The summed E-state index contributed by atoms with van der Waals surface area (Å²) in [6.45, 7) is -0.158. The lowest BCUT2D eigenvalue weighted by molar-refractivity contribution is -0.178. The van der Waals surface area contributed by atoms with E-state index in [9.17, 15) is 18.1 Å². The van der Waals surface area contributed by atoms with Crippen molar-refractivity contribution in [2.75, 3.05) is 12.3 Å². The Balaban J connectivity index is 1.98. The standard InChI is InChI=1S/C11H14F2N5O6P/c1-10(12)2-11(13,3-23-25(20,21)22)24-8(10)18-4-15-5-6(18)16-9(14)17-7(5)19/h4,8H,2-3H2,1H3,(H2,20,21,22)(H3,14,16,17,19)/t8-,10-,11+/m1/s1. The molecule has 0 spiro atoms. The number of anilines is 1. The third kappa shape index (κ3) is 3.41. The van der Waals surface area contributed by atoms with Gasteiger partial charge >= 0.3 is 7.82 Å². The minimum atomic E-state index is -4.97. The van der Waals surface area contributed by atoms with Gasteiger partial charge in [-0.25, -0.2) is 18.3 Å². The van der Waals surface area contributed by atoms with Gasteiger partial charge in [0.15, 0.2) is 23.1 Å². The molecule has 5 N–H and O–H groups in total. The van der Waals surface area contributed by atoms with Crippen molar-refractivity contribution in [1.82, 2.24) is 19.5 Å². The van der Waals surface area contributed by atoms with Crippen LogP contribution in [0.3, 0.4) is 0 Å². The van der Waals surface area contributed by atoms with Crippen LogP contribution in [0.2, 0.25) is 0 Å². The number of imidazole rings is 1. The molecule has 25 heavy (non-hydrogen) atoms. The van der Waals surface area contributed by atoms with Gasteiger partial charge in [0.25, 0.3) is 5.56 Å². The highest BCUT2D eigenvalue weighted by Crippen LogP contribution is 2.49. The number of rotatable bonds is 4. The molecule has 1 aliphatic heterocycles. The van der Waals surface area contributed by atoms with Gasteiger partial charge in [-0.15, -0.1) is 0 Å². The third-order valence-electron chi connectivity index (χ3n) is 3.60. The number of fused-ring (bicyclic) bond motifs is 1. The summed E-state index contributed by atoms with van der Waals surface area (Å²) in [5, 5.41) is 0. The molecule has 2 aromatic rings. The highest BCUT2D eigenvalue weighted by Gasteiger charge is 2.57. The van der Waals surface area contributed by atoms with E-state index in [-0.39, 0.29) is 17.1 Å². The fourth-order valence-electron chi connectivity index (χ4n) is 2.70. The van der Waals surface area contributed by atoms with Crippen molar-refractivity contribution in [3.63, 3.8) is 0 Å².